The van der Waals surface area contributed by atoms with Crippen molar-refractivity contribution in [1.82, 2.24) is 5.32 Å². The predicted octanol–water partition coefficient (Wildman–Crippen LogP) is 3.89. The highest BCUT2D eigenvalue weighted by molar-refractivity contribution is 5.14. The van der Waals surface area contributed by atoms with Crippen LogP contribution >= 0.6 is 0 Å². The molecule has 0 heterocycles. The Hall–Kier alpha value is -0.820. The molecule has 0 aliphatic carbocycles. The molecule has 0 bridgehead atoms. The second-order valence-corrected chi connectivity index (χ2v) is 5.37. The Morgan fingerprint density at radius 2 is 1.71 bits per heavy atom. The Bertz CT molecular complexity index is 279. The second kappa shape index (κ2) is 8.30. The van der Waals surface area contributed by atoms with Crippen molar-refractivity contribution in [1.29, 1.82) is 0 Å². The maximum atomic E-state index is 3.55. The molecule has 1 N–H and O–H groups in total. The van der Waals surface area contributed by atoms with Gasteiger partial charge in [-0.25, -0.2) is 0 Å². The number of hydrogen-bond donors (Lipinski definition) is 1. The molecule has 0 aliphatic heterocycles. The Morgan fingerprint density at radius 1 is 1.00 bits per heavy atom. The van der Waals surface area contributed by atoms with Gasteiger partial charge >= 0.3 is 0 Å². The molecule has 1 nitrogen and oxygen atoms in total. The van der Waals surface area contributed by atoms with Crippen molar-refractivity contribution in [3.05, 3.63) is 35.9 Å². The summed E-state index contributed by atoms with van der Waals surface area (Å²) in [6, 6.07) is 10.8. The van der Waals surface area contributed by atoms with Crippen LogP contribution in [0.1, 0.15) is 39.2 Å². The van der Waals surface area contributed by atoms with E-state index in [1.165, 1.54) is 24.8 Å². The van der Waals surface area contributed by atoms with Gasteiger partial charge in [0.25, 0.3) is 0 Å². The zero-order valence-electron chi connectivity index (χ0n) is 11.6. The van der Waals surface area contributed by atoms with Crippen LogP contribution in [0.25, 0.3) is 0 Å². The molecule has 0 aromatic heterocycles. The maximum absolute atomic E-state index is 3.55. The summed E-state index contributed by atoms with van der Waals surface area (Å²) in [5.41, 5.74) is 1.46. The summed E-state index contributed by atoms with van der Waals surface area (Å²) >= 11 is 0. The van der Waals surface area contributed by atoms with Crippen molar-refractivity contribution in [2.24, 2.45) is 11.8 Å². The van der Waals surface area contributed by atoms with Crippen molar-refractivity contribution in [2.75, 3.05) is 13.1 Å². The Kier molecular flexibility index (Phi) is 6.95. The number of rotatable bonds is 8. The molecule has 1 aromatic rings. The van der Waals surface area contributed by atoms with Crippen LogP contribution in [0.3, 0.4) is 0 Å². The fourth-order valence-electron chi connectivity index (χ4n) is 1.79. The molecule has 0 saturated heterocycles. The number of hydrogen-bond acceptors (Lipinski definition) is 1. The van der Waals surface area contributed by atoms with Gasteiger partial charge in [-0.3, -0.25) is 0 Å². The van der Waals surface area contributed by atoms with E-state index in [1.807, 2.05) is 0 Å². The number of nitrogens with one attached hydrogen (secondary N) is 1. The zero-order valence-corrected chi connectivity index (χ0v) is 11.6. The summed E-state index contributed by atoms with van der Waals surface area (Å²) < 4.78 is 0. The molecule has 1 aromatic carbocycles. The third-order valence-corrected chi connectivity index (χ3v) is 3.52. The summed E-state index contributed by atoms with van der Waals surface area (Å²) in [7, 11) is 0. The fourth-order valence-corrected chi connectivity index (χ4v) is 1.79. The van der Waals surface area contributed by atoms with Crippen molar-refractivity contribution in [2.45, 2.75) is 40.0 Å². The van der Waals surface area contributed by atoms with E-state index in [4.69, 9.17) is 0 Å². The molecule has 0 amide bonds. The van der Waals surface area contributed by atoms with Gasteiger partial charge in [0, 0.05) is 0 Å². The van der Waals surface area contributed by atoms with Crippen molar-refractivity contribution < 1.29 is 0 Å². The first kappa shape index (κ1) is 14.2. The van der Waals surface area contributed by atoms with Crippen LogP contribution in [0.2, 0.25) is 0 Å². The lowest BCUT2D eigenvalue weighted by Crippen LogP contribution is -2.25. The summed E-state index contributed by atoms with van der Waals surface area (Å²) in [5, 5.41) is 3.55. The van der Waals surface area contributed by atoms with Crippen molar-refractivity contribution in [3.8, 4) is 0 Å². The van der Waals surface area contributed by atoms with E-state index in [0.29, 0.717) is 0 Å². The minimum Gasteiger partial charge on any atom is -0.316 e. The number of aryl methyl sites for hydroxylation is 1. The summed E-state index contributed by atoms with van der Waals surface area (Å²) in [6.07, 6.45) is 3.77. The molecule has 1 unspecified atom stereocenters. The lowest BCUT2D eigenvalue weighted by Gasteiger charge is -2.15. The van der Waals surface area contributed by atoms with E-state index in [1.54, 1.807) is 0 Å². The Balaban J connectivity index is 1.98. The maximum Gasteiger partial charge on any atom is -0.00207 e. The molecule has 1 atom stereocenters. The molecular weight excluding hydrogens is 206 g/mol. The first-order valence-electron chi connectivity index (χ1n) is 6.94. The quantitative estimate of drug-likeness (QED) is 0.672. The van der Waals surface area contributed by atoms with Gasteiger partial charge in [0.15, 0.2) is 0 Å². The van der Waals surface area contributed by atoms with E-state index in [0.717, 1.165) is 24.9 Å². The monoisotopic (exact) mass is 233 g/mol. The van der Waals surface area contributed by atoms with Gasteiger partial charge in [-0.2, -0.15) is 0 Å². The number of benzene rings is 1. The Morgan fingerprint density at radius 3 is 2.35 bits per heavy atom. The molecule has 0 saturated carbocycles. The van der Waals surface area contributed by atoms with E-state index in [-0.39, 0.29) is 0 Å². The lowest BCUT2D eigenvalue weighted by atomic mass is 9.98. The molecular formula is C16H27N. The normalized spacial score (nSPS) is 12.9. The summed E-state index contributed by atoms with van der Waals surface area (Å²) in [6.45, 7) is 9.22. The highest BCUT2D eigenvalue weighted by Gasteiger charge is 2.05. The molecule has 1 heteroatoms. The van der Waals surface area contributed by atoms with Crippen LogP contribution in [0.5, 0.6) is 0 Å². The van der Waals surface area contributed by atoms with Crippen LogP contribution in [0.4, 0.5) is 0 Å². The molecule has 0 fully saturated rings. The van der Waals surface area contributed by atoms with E-state index < -0.39 is 0 Å². The highest BCUT2D eigenvalue weighted by atomic mass is 14.8. The van der Waals surface area contributed by atoms with E-state index in [2.05, 4.69) is 56.4 Å². The Labute approximate surface area is 107 Å². The summed E-state index contributed by atoms with van der Waals surface area (Å²) in [4.78, 5) is 0. The lowest BCUT2D eigenvalue weighted by molar-refractivity contribution is 0.391. The molecule has 17 heavy (non-hydrogen) atoms. The third-order valence-electron chi connectivity index (χ3n) is 3.52. The molecule has 0 radical (unpaired) electrons. The predicted molar refractivity (Wildman–Crippen MR) is 76.3 cm³/mol. The van der Waals surface area contributed by atoms with Gasteiger partial charge in [-0.15, -0.1) is 0 Å². The van der Waals surface area contributed by atoms with Crippen LogP contribution in [0, 0.1) is 11.8 Å². The van der Waals surface area contributed by atoms with Crippen molar-refractivity contribution >= 4 is 0 Å². The van der Waals surface area contributed by atoms with Gasteiger partial charge in [-0.1, -0.05) is 51.1 Å². The standard InChI is InChI=1S/C16H27N/c1-14(2)15(3)13-17-12-8-7-11-16-9-5-4-6-10-16/h4-6,9-10,14-15,17H,7-8,11-13H2,1-3H3. The van der Waals surface area contributed by atoms with Gasteiger partial charge in [-0.05, 0) is 49.8 Å². The fraction of sp³-hybridized carbons (Fsp3) is 0.625. The average Bonchev–Trinajstić information content (AvgIpc) is 2.34. The second-order valence-electron chi connectivity index (χ2n) is 5.37. The van der Waals surface area contributed by atoms with Gasteiger partial charge in [0.05, 0.1) is 0 Å². The van der Waals surface area contributed by atoms with E-state index >= 15 is 0 Å². The van der Waals surface area contributed by atoms with Crippen molar-refractivity contribution in [3.63, 3.8) is 0 Å². The van der Waals surface area contributed by atoms with Crippen LogP contribution < -0.4 is 5.32 Å². The van der Waals surface area contributed by atoms with Gasteiger partial charge in [0.1, 0.15) is 0 Å². The van der Waals surface area contributed by atoms with Crippen LogP contribution in [0.15, 0.2) is 30.3 Å². The van der Waals surface area contributed by atoms with Crippen LogP contribution in [-0.2, 0) is 6.42 Å². The average molecular weight is 233 g/mol. The van der Waals surface area contributed by atoms with Gasteiger partial charge < -0.3 is 5.32 Å². The minimum absolute atomic E-state index is 0.782. The number of unbranched alkanes of at least 4 members (excludes halogenated alkanes) is 1. The zero-order chi connectivity index (χ0) is 12.5. The first-order valence-corrected chi connectivity index (χ1v) is 6.94. The topological polar surface area (TPSA) is 12.0 Å². The molecule has 0 aliphatic rings. The minimum atomic E-state index is 0.782. The SMILES string of the molecule is CC(C)C(C)CNCCCCc1ccccc1. The van der Waals surface area contributed by atoms with Crippen LogP contribution in [-0.4, -0.2) is 13.1 Å². The third kappa shape index (κ3) is 6.48. The van der Waals surface area contributed by atoms with Gasteiger partial charge in [0.2, 0.25) is 0 Å². The first-order chi connectivity index (χ1) is 8.20. The molecule has 0 spiro atoms. The van der Waals surface area contributed by atoms with E-state index in [9.17, 15) is 0 Å². The smallest absolute Gasteiger partial charge is 0.00207 e. The highest BCUT2D eigenvalue weighted by Crippen LogP contribution is 2.08. The molecule has 1 rings (SSSR count). The summed E-state index contributed by atoms with van der Waals surface area (Å²) in [5.74, 6) is 1.57. The molecule has 96 valence electrons. The largest absolute Gasteiger partial charge is 0.316 e.